The average Bonchev–Trinajstić information content (AvgIpc) is 2.92. The first kappa shape index (κ1) is 26.7. The van der Waals surface area contributed by atoms with Gasteiger partial charge < -0.3 is 18.9 Å². The number of halogens is 3. The summed E-state index contributed by atoms with van der Waals surface area (Å²) in [4.78, 5) is 2.26. The number of allylic oxidation sites excluding steroid dienone is 1. The van der Waals surface area contributed by atoms with Gasteiger partial charge in [0.2, 0.25) is 0 Å². The number of hydrogen-bond donors (Lipinski definition) is 0. The summed E-state index contributed by atoms with van der Waals surface area (Å²) in [6.45, 7) is 4.46. The van der Waals surface area contributed by atoms with Gasteiger partial charge in [0.1, 0.15) is 18.1 Å². The third-order valence-corrected chi connectivity index (χ3v) is 6.01. The van der Waals surface area contributed by atoms with Gasteiger partial charge in [-0.05, 0) is 41.0 Å². The van der Waals surface area contributed by atoms with Crippen LogP contribution in [0.4, 0.5) is 13.2 Å². The van der Waals surface area contributed by atoms with Crippen molar-refractivity contribution in [3.8, 4) is 11.5 Å². The Morgan fingerprint density at radius 2 is 1.35 bits per heavy atom. The number of nitrogens with zero attached hydrogens (tertiary/aromatic N) is 1. The highest BCUT2D eigenvalue weighted by atomic mass is 19.4. The van der Waals surface area contributed by atoms with Crippen molar-refractivity contribution in [3.05, 3.63) is 95.6 Å². The first-order valence-electron chi connectivity index (χ1n) is 12.1. The van der Waals surface area contributed by atoms with E-state index in [1.54, 1.807) is 66.7 Å². The van der Waals surface area contributed by atoms with Crippen molar-refractivity contribution in [1.82, 2.24) is 4.90 Å². The maximum absolute atomic E-state index is 14.6. The molecule has 3 aromatic rings. The first-order chi connectivity index (χ1) is 18.0. The van der Waals surface area contributed by atoms with E-state index in [-0.39, 0.29) is 17.9 Å². The second-order valence-electron chi connectivity index (χ2n) is 8.52. The van der Waals surface area contributed by atoms with Gasteiger partial charge in [0.05, 0.1) is 18.8 Å². The molecule has 0 radical (unpaired) electrons. The third kappa shape index (κ3) is 7.35. The summed E-state index contributed by atoms with van der Waals surface area (Å²) >= 11 is 0. The number of rotatable bonds is 10. The normalized spacial score (nSPS) is 15.2. The van der Waals surface area contributed by atoms with Crippen LogP contribution in [-0.2, 0) is 9.47 Å². The van der Waals surface area contributed by atoms with Gasteiger partial charge in [-0.1, -0.05) is 54.6 Å². The standard InChI is InChI=1S/C29H30F3NO4/c1-34-21-37-26-13-9-23(10-14-26)27(28(29(30,31)32)24-5-3-2-4-6-24)22-7-11-25(12-8-22)36-20-17-33-15-18-35-19-16-33/h2-14H,15-21H2,1H3. The van der Waals surface area contributed by atoms with Gasteiger partial charge in [0.25, 0.3) is 0 Å². The van der Waals surface area contributed by atoms with Crippen molar-refractivity contribution in [2.24, 2.45) is 0 Å². The van der Waals surface area contributed by atoms with E-state index >= 15 is 0 Å². The molecule has 37 heavy (non-hydrogen) atoms. The topological polar surface area (TPSA) is 40.2 Å². The zero-order valence-electron chi connectivity index (χ0n) is 20.7. The maximum atomic E-state index is 14.6. The van der Waals surface area contributed by atoms with Gasteiger partial charge in [-0.3, -0.25) is 4.90 Å². The van der Waals surface area contributed by atoms with E-state index in [1.807, 2.05) is 0 Å². The molecule has 1 heterocycles. The van der Waals surface area contributed by atoms with Gasteiger partial charge in [-0.25, -0.2) is 0 Å². The highest BCUT2D eigenvalue weighted by Gasteiger charge is 2.38. The third-order valence-electron chi connectivity index (χ3n) is 6.01. The second kappa shape index (κ2) is 12.8. The van der Waals surface area contributed by atoms with Crippen LogP contribution in [0.5, 0.6) is 11.5 Å². The first-order valence-corrected chi connectivity index (χ1v) is 12.1. The van der Waals surface area contributed by atoms with Crippen LogP contribution in [-0.4, -0.2) is 64.4 Å². The van der Waals surface area contributed by atoms with Crippen molar-refractivity contribution >= 4 is 11.1 Å². The van der Waals surface area contributed by atoms with Crippen molar-refractivity contribution in [2.45, 2.75) is 6.18 Å². The Labute approximate surface area is 215 Å². The lowest BCUT2D eigenvalue weighted by atomic mass is 9.89. The van der Waals surface area contributed by atoms with Crippen LogP contribution < -0.4 is 9.47 Å². The summed E-state index contributed by atoms with van der Waals surface area (Å²) in [5, 5.41) is 0. The molecule has 0 N–H and O–H groups in total. The molecular formula is C29H30F3NO4. The van der Waals surface area contributed by atoms with Gasteiger partial charge >= 0.3 is 6.18 Å². The molecule has 0 spiro atoms. The summed E-state index contributed by atoms with van der Waals surface area (Å²) in [6, 6.07) is 21.1. The van der Waals surface area contributed by atoms with E-state index in [2.05, 4.69) is 4.90 Å². The Hall–Kier alpha value is -3.33. The molecule has 196 valence electrons. The fourth-order valence-electron chi connectivity index (χ4n) is 4.19. The van der Waals surface area contributed by atoms with Gasteiger partial charge in [-0.15, -0.1) is 0 Å². The Balaban J connectivity index is 1.66. The highest BCUT2D eigenvalue weighted by molar-refractivity contribution is 6.00. The molecule has 0 saturated carbocycles. The summed E-state index contributed by atoms with van der Waals surface area (Å²) < 4.78 is 65.2. The molecule has 3 aromatic carbocycles. The van der Waals surface area contributed by atoms with Crippen LogP contribution in [0, 0.1) is 0 Å². The minimum atomic E-state index is -4.59. The molecule has 0 aliphatic carbocycles. The van der Waals surface area contributed by atoms with Gasteiger partial charge in [-0.2, -0.15) is 13.2 Å². The quantitative estimate of drug-likeness (QED) is 0.249. The van der Waals surface area contributed by atoms with E-state index in [0.29, 0.717) is 42.4 Å². The van der Waals surface area contributed by atoms with Crippen LogP contribution in [0.15, 0.2) is 78.9 Å². The zero-order chi connectivity index (χ0) is 26.1. The van der Waals surface area contributed by atoms with Crippen LogP contribution in [0.1, 0.15) is 16.7 Å². The Morgan fingerprint density at radius 1 is 0.784 bits per heavy atom. The fourth-order valence-corrected chi connectivity index (χ4v) is 4.19. The predicted octanol–water partition coefficient (Wildman–Crippen LogP) is 5.90. The number of alkyl halides is 3. The number of hydrogen-bond acceptors (Lipinski definition) is 5. The van der Waals surface area contributed by atoms with Crippen molar-refractivity contribution in [3.63, 3.8) is 0 Å². The molecule has 1 fully saturated rings. The largest absolute Gasteiger partial charge is 0.492 e. The summed E-state index contributed by atoms with van der Waals surface area (Å²) in [5.74, 6) is 1.11. The molecular weight excluding hydrogens is 483 g/mol. The monoisotopic (exact) mass is 513 g/mol. The number of benzene rings is 3. The van der Waals surface area contributed by atoms with Crippen molar-refractivity contribution in [1.29, 1.82) is 0 Å². The Morgan fingerprint density at radius 3 is 1.89 bits per heavy atom. The van der Waals surface area contributed by atoms with Crippen molar-refractivity contribution in [2.75, 3.05) is 53.4 Å². The van der Waals surface area contributed by atoms with E-state index in [1.165, 1.54) is 19.2 Å². The predicted molar refractivity (Wildman–Crippen MR) is 137 cm³/mol. The summed E-state index contributed by atoms with van der Waals surface area (Å²) in [7, 11) is 1.50. The van der Waals surface area contributed by atoms with Gasteiger partial charge in [0.15, 0.2) is 6.79 Å². The Bertz CT molecular complexity index is 1140. The van der Waals surface area contributed by atoms with Crippen LogP contribution in [0.2, 0.25) is 0 Å². The SMILES string of the molecule is COCOc1ccc(C(=C(c2ccccc2)C(F)(F)F)c2ccc(OCCN3CCOCC3)cc2)cc1. The minimum Gasteiger partial charge on any atom is -0.492 e. The lowest BCUT2D eigenvalue weighted by molar-refractivity contribution is -0.0685. The average molecular weight is 514 g/mol. The molecule has 0 atom stereocenters. The van der Waals surface area contributed by atoms with Crippen molar-refractivity contribution < 1.29 is 32.1 Å². The smallest absolute Gasteiger partial charge is 0.417 e. The van der Waals surface area contributed by atoms with Crippen LogP contribution in [0.25, 0.3) is 11.1 Å². The fraction of sp³-hybridized carbons (Fsp3) is 0.310. The van der Waals surface area contributed by atoms with E-state index in [0.717, 1.165) is 19.6 Å². The van der Waals surface area contributed by atoms with Crippen LogP contribution >= 0.6 is 0 Å². The van der Waals surface area contributed by atoms with Gasteiger partial charge in [0, 0.05) is 32.3 Å². The molecule has 1 aliphatic rings. The molecule has 0 bridgehead atoms. The summed E-state index contributed by atoms with van der Waals surface area (Å²) in [6.07, 6.45) is -4.59. The molecule has 5 nitrogen and oxygen atoms in total. The lowest BCUT2D eigenvalue weighted by Gasteiger charge is -2.26. The molecule has 1 saturated heterocycles. The molecule has 0 unspecified atom stereocenters. The molecule has 4 rings (SSSR count). The summed E-state index contributed by atoms with van der Waals surface area (Å²) in [5.41, 5.74) is 0.316. The van der Waals surface area contributed by atoms with E-state index in [9.17, 15) is 13.2 Å². The molecule has 1 aliphatic heterocycles. The Kier molecular flexibility index (Phi) is 9.22. The zero-order valence-corrected chi connectivity index (χ0v) is 20.7. The maximum Gasteiger partial charge on any atom is 0.417 e. The number of methoxy groups -OCH3 is 1. The van der Waals surface area contributed by atoms with Crippen LogP contribution in [0.3, 0.4) is 0 Å². The minimum absolute atomic E-state index is 0.0485. The number of morpholine rings is 1. The number of ether oxygens (including phenoxy) is 4. The molecule has 0 amide bonds. The van der Waals surface area contributed by atoms with E-state index < -0.39 is 11.7 Å². The highest BCUT2D eigenvalue weighted by Crippen LogP contribution is 2.43. The lowest BCUT2D eigenvalue weighted by Crippen LogP contribution is -2.38. The molecule has 8 heteroatoms. The second-order valence-corrected chi connectivity index (χ2v) is 8.52. The molecule has 0 aromatic heterocycles. The van der Waals surface area contributed by atoms with E-state index in [4.69, 9.17) is 18.9 Å².